The molecule has 8 nitrogen and oxygen atoms in total. The van der Waals surface area contributed by atoms with Crippen molar-refractivity contribution in [3.8, 4) is 0 Å². The van der Waals surface area contributed by atoms with Crippen LogP contribution in [0.4, 0.5) is 5.69 Å². The van der Waals surface area contributed by atoms with Crippen molar-refractivity contribution in [3.05, 3.63) is 58.9 Å². The van der Waals surface area contributed by atoms with Crippen LogP contribution in [0.5, 0.6) is 0 Å². The fourth-order valence-corrected chi connectivity index (χ4v) is 3.72. The summed E-state index contributed by atoms with van der Waals surface area (Å²) in [7, 11) is 0. The number of hydrogen-bond acceptors (Lipinski definition) is 6. The van der Waals surface area contributed by atoms with Crippen LogP contribution in [-0.4, -0.2) is 71.9 Å². The van der Waals surface area contributed by atoms with E-state index in [4.69, 9.17) is 4.74 Å². The predicted molar refractivity (Wildman–Crippen MR) is 122 cm³/mol. The van der Waals surface area contributed by atoms with Gasteiger partial charge in [-0.25, -0.2) is 9.78 Å². The van der Waals surface area contributed by atoms with Gasteiger partial charge in [0.1, 0.15) is 5.69 Å². The molecule has 3 rings (SSSR count). The largest absolute Gasteiger partial charge is 0.462 e. The van der Waals surface area contributed by atoms with Crippen molar-refractivity contribution in [2.75, 3.05) is 44.6 Å². The van der Waals surface area contributed by atoms with Crippen LogP contribution in [0.3, 0.4) is 0 Å². The Morgan fingerprint density at radius 1 is 1.03 bits per heavy atom. The summed E-state index contributed by atoms with van der Waals surface area (Å²) < 4.78 is 5.01. The van der Waals surface area contributed by atoms with Gasteiger partial charge in [0.25, 0.3) is 5.91 Å². The molecule has 0 saturated carbocycles. The third-order valence-electron chi connectivity index (χ3n) is 5.50. The molecule has 1 aliphatic heterocycles. The average Bonchev–Trinajstić information content (AvgIpc) is 2.79. The third-order valence-corrected chi connectivity index (χ3v) is 5.50. The van der Waals surface area contributed by atoms with E-state index in [-0.39, 0.29) is 25.0 Å². The summed E-state index contributed by atoms with van der Waals surface area (Å²) in [5.74, 6) is -0.674. The normalized spacial score (nSPS) is 14.2. The van der Waals surface area contributed by atoms with Crippen molar-refractivity contribution in [2.24, 2.45) is 0 Å². The highest BCUT2D eigenvalue weighted by molar-refractivity contribution is 5.95. The lowest BCUT2D eigenvalue weighted by Crippen LogP contribution is -2.50. The number of aromatic nitrogens is 1. The molecule has 2 amide bonds. The van der Waals surface area contributed by atoms with Crippen LogP contribution in [0, 0.1) is 6.92 Å². The van der Waals surface area contributed by atoms with Crippen LogP contribution in [0.25, 0.3) is 0 Å². The van der Waals surface area contributed by atoms with E-state index in [1.807, 2.05) is 29.2 Å². The standard InChI is InChI=1S/C24H30N4O4/c1-4-18-8-6-7-9-20(18)26-22(29)16-27-12-14-28(15-13-27)23(30)21-11-10-19(17(3)25-21)24(31)32-5-2/h6-11H,4-5,12-16H2,1-3H3,(H,26,29). The Morgan fingerprint density at radius 3 is 2.41 bits per heavy atom. The lowest BCUT2D eigenvalue weighted by Gasteiger charge is -2.34. The minimum Gasteiger partial charge on any atom is -0.462 e. The van der Waals surface area contributed by atoms with E-state index < -0.39 is 5.97 Å². The van der Waals surface area contributed by atoms with Gasteiger partial charge in [-0.2, -0.15) is 0 Å². The van der Waals surface area contributed by atoms with Gasteiger partial charge >= 0.3 is 5.97 Å². The number of rotatable bonds is 7. The van der Waals surface area contributed by atoms with Crippen LogP contribution >= 0.6 is 0 Å². The fourth-order valence-electron chi connectivity index (χ4n) is 3.72. The van der Waals surface area contributed by atoms with Gasteiger partial charge in [0.15, 0.2) is 0 Å². The Bertz CT molecular complexity index is 984. The van der Waals surface area contributed by atoms with Crippen LogP contribution < -0.4 is 5.32 Å². The summed E-state index contributed by atoms with van der Waals surface area (Å²) in [6, 6.07) is 10.9. The van der Waals surface area contributed by atoms with Gasteiger partial charge in [-0.15, -0.1) is 0 Å². The Labute approximate surface area is 188 Å². The molecule has 0 atom stereocenters. The molecular formula is C24H30N4O4. The molecule has 1 aromatic carbocycles. The first-order chi connectivity index (χ1) is 15.4. The number of anilines is 1. The van der Waals surface area contributed by atoms with Crippen LogP contribution in [0.2, 0.25) is 0 Å². The maximum absolute atomic E-state index is 12.8. The van der Waals surface area contributed by atoms with Gasteiger partial charge in [-0.1, -0.05) is 25.1 Å². The number of esters is 1. The number of ether oxygens (including phenoxy) is 1. The van der Waals surface area contributed by atoms with E-state index in [0.717, 1.165) is 17.7 Å². The quantitative estimate of drug-likeness (QED) is 0.668. The molecule has 1 saturated heterocycles. The molecule has 0 bridgehead atoms. The molecular weight excluding hydrogens is 408 g/mol. The van der Waals surface area contributed by atoms with Crippen LogP contribution in [0.1, 0.15) is 46.0 Å². The zero-order valence-electron chi connectivity index (χ0n) is 18.9. The number of nitrogens with zero attached hydrogens (tertiary/aromatic N) is 3. The summed E-state index contributed by atoms with van der Waals surface area (Å²) in [6.45, 7) is 8.29. The van der Waals surface area contributed by atoms with Crippen LogP contribution in [-0.2, 0) is 16.0 Å². The second-order valence-corrected chi connectivity index (χ2v) is 7.68. The molecule has 1 N–H and O–H groups in total. The minimum atomic E-state index is -0.440. The van der Waals surface area contributed by atoms with Gasteiger partial charge < -0.3 is 15.0 Å². The lowest BCUT2D eigenvalue weighted by atomic mass is 10.1. The molecule has 1 aliphatic rings. The number of carbonyl (C=O) groups excluding carboxylic acids is 3. The number of piperazine rings is 1. The van der Waals surface area contributed by atoms with Gasteiger partial charge in [-0.05, 0) is 44.0 Å². The number of para-hydroxylation sites is 1. The van der Waals surface area contributed by atoms with Crippen molar-refractivity contribution < 1.29 is 19.1 Å². The zero-order valence-corrected chi connectivity index (χ0v) is 18.9. The van der Waals surface area contributed by atoms with E-state index in [9.17, 15) is 14.4 Å². The molecule has 2 heterocycles. The SMILES string of the molecule is CCOC(=O)c1ccc(C(=O)N2CCN(CC(=O)Nc3ccccc3CC)CC2)nc1C. The number of aryl methyl sites for hydroxylation is 2. The average molecular weight is 439 g/mol. The molecule has 170 valence electrons. The molecule has 1 aromatic heterocycles. The Morgan fingerprint density at radius 2 is 1.75 bits per heavy atom. The van der Waals surface area contributed by atoms with Crippen molar-refractivity contribution in [1.29, 1.82) is 0 Å². The minimum absolute atomic E-state index is 0.0578. The van der Waals surface area contributed by atoms with E-state index in [2.05, 4.69) is 17.2 Å². The molecule has 0 aliphatic carbocycles. The summed E-state index contributed by atoms with van der Waals surface area (Å²) >= 11 is 0. The third kappa shape index (κ3) is 5.70. The highest BCUT2D eigenvalue weighted by Crippen LogP contribution is 2.16. The molecule has 32 heavy (non-hydrogen) atoms. The van der Waals surface area contributed by atoms with Gasteiger partial charge in [0.05, 0.1) is 24.4 Å². The lowest BCUT2D eigenvalue weighted by molar-refractivity contribution is -0.117. The maximum atomic E-state index is 12.8. The Kier molecular flexibility index (Phi) is 7.94. The summed E-state index contributed by atoms with van der Waals surface area (Å²) in [6.07, 6.45) is 0.853. The van der Waals surface area contributed by atoms with Gasteiger partial charge in [0, 0.05) is 31.9 Å². The Hall–Kier alpha value is -3.26. The van der Waals surface area contributed by atoms with Crippen molar-refractivity contribution in [3.63, 3.8) is 0 Å². The van der Waals surface area contributed by atoms with Crippen molar-refractivity contribution in [1.82, 2.24) is 14.8 Å². The van der Waals surface area contributed by atoms with Crippen molar-refractivity contribution in [2.45, 2.75) is 27.2 Å². The first-order valence-electron chi connectivity index (χ1n) is 11.0. The topological polar surface area (TPSA) is 91.8 Å². The molecule has 0 radical (unpaired) electrons. The first-order valence-corrected chi connectivity index (χ1v) is 11.0. The maximum Gasteiger partial charge on any atom is 0.339 e. The first kappa shape index (κ1) is 23.4. The molecule has 8 heteroatoms. The molecule has 1 fully saturated rings. The van der Waals surface area contributed by atoms with Crippen molar-refractivity contribution >= 4 is 23.5 Å². The van der Waals surface area contributed by atoms with E-state index in [1.165, 1.54) is 0 Å². The number of amides is 2. The summed E-state index contributed by atoms with van der Waals surface area (Å²) in [5.41, 5.74) is 3.09. The Balaban J connectivity index is 1.53. The second-order valence-electron chi connectivity index (χ2n) is 7.68. The number of benzene rings is 1. The number of hydrogen-bond donors (Lipinski definition) is 1. The monoisotopic (exact) mass is 438 g/mol. The molecule has 0 spiro atoms. The van der Waals surface area contributed by atoms with Gasteiger partial charge in [0.2, 0.25) is 5.91 Å². The van der Waals surface area contributed by atoms with Gasteiger partial charge in [-0.3, -0.25) is 14.5 Å². The number of pyridine rings is 1. The second kappa shape index (κ2) is 10.9. The number of carbonyl (C=O) groups is 3. The van der Waals surface area contributed by atoms with E-state index in [1.54, 1.807) is 30.9 Å². The molecule has 0 unspecified atom stereocenters. The predicted octanol–water partition coefficient (Wildman–Crippen LogP) is 2.53. The summed E-state index contributed by atoms with van der Waals surface area (Å²) in [5, 5.41) is 2.99. The highest BCUT2D eigenvalue weighted by Gasteiger charge is 2.25. The smallest absolute Gasteiger partial charge is 0.339 e. The molecule has 2 aromatic rings. The highest BCUT2D eigenvalue weighted by atomic mass is 16.5. The van der Waals surface area contributed by atoms with E-state index in [0.29, 0.717) is 43.1 Å². The zero-order chi connectivity index (χ0) is 23.1. The fraction of sp³-hybridized carbons (Fsp3) is 0.417. The summed E-state index contributed by atoms with van der Waals surface area (Å²) in [4.78, 5) is 45.3. The van der Waals surface area contributed by atoms with E-state index >= 15 is 0 Å². The number of nitrogens with one attached hydrogen (secondary N) is 1. The van der Waals surface area contributed by atoms with Crippen LogP contribution in [0.15, 0.2) is 36.4 Å².